The zero-order valence-electron chi connectivity index (χ0n) is 21.9. The SMILES string of the molecule is CCOc1cc2oc(-c3ccc(-c4ccc(-c5nc6cc(C)c(OCC)cc6o5)cc4)cc3)nc2cc1C. The molecule has 0 saturated heterocycles. The summed E-state index contributed by atoms with van der Waals surface area (Å²) in [5, 5.41) is 0. The van der Waals surface area contributed by atoms with Crippen LogP contribution in [-0.2, 0) is 0 Å². The third kappa shape index (κ3) is 4.39. The molecule has 0 N–H and O–H groups in total. The van der Waals surface area contributed by atoms with Crippen molar-refractivity contribution < 1.29 is 18.3 Å². The van der Waals surface area contributed by atoms with Gasteiger partial charge in [0.1, 0.15) is 22.5 Å². The minimum atomic E-state index is 0.591. The Hall–Kier alpha value is -4.58. The molecule has 0 atom stereocenters. The lowest BCUT2D eigenvalue weighted by atomic mass is 10.0. The Kier molecular flexibility index (Phi) is 6.08. The van der Waals surface area contributed by atoms with Gasteiger partial charge in [-0.1, -0.05) is 24.3 Å². The van der Waals surface area contributed by atoms with E-state index in [0.29, 0.717) is 25.0 Å². The normalized spacial score (nSPS) is 11.4. The molecule has 0 fully saturated rings. The molecule has 6 heteroatoms. The number of oxazole rings is 2. The topological polar surface area (TPSA) is 70.5 Å². The van der Waals surface area contributed by atoms with Gasteiger partial charge in [0.15, 0.2) is 11.2 Å². The molecule has 4 aromatic carbocycles. The van der Waals surface area contributed by atoms with Crippen LogP contribution in [0.1, 0.15) is 25.0 Å². The maximum Gasteiger partial charge on any atom is 0.227 e. The highest BCUT2D eigenvalue weighted by molar-refractivity contribution is 5.81. The zero-order valence-corrected chi connectivity index (χ0v) is 21.9. The van der Waals surface area contributed by atoms with Crippen molar-refractivity contribution in [3.63, 3.8) is 0 Å². The summed E-state index contributed by atoms with van der Waals surface area (Å²) >= 11 is 0. The van der Waals surface area contributed by atoms with Gasteiger partial charge in [0.25, 0.3) is 0 Å². The van der Waals surface area contributed by atoms with E-state index in [1.165, 1.54) is 0 Å². The average molecular weight is 505 g/mol. The van der Waals surface area contributed by atoms with E-state index >= 15 is 0 Å². The number of benzene rings is 4. The van der Waals surface area contributed by atoms with Crippen molar-refractivity contribution in [2.75, 3.05) is 13.2 Å². The number of fused-ring (bicyclic) bond motifs is 2. The van der Waals surface area contributed by atoms with Crippen molar-refractivity contribution >= 4 is 22.2 Å². The summed E-state index contributed by atoms with van der Waals surface area (Å²) in [5.74, 6) is 2.83. The first-order valence-electron chi connectivity index (χ1n) is 12.8. The van der Waals surface area contributed by atoms with Crippen LogP contribution >= 0.6 is 0 Å². The van der Waals surface area contributed by atoms with Crippen molar-refractivity contribution in [3.05, 3.63) is 83.9 Å². The summed E-state index contributed by atoms with van der Waals surface area (Å²) in [6.45, 7) is 9.20. The Balaban J connectivity index is 1.24. The van der Waals surface area contributed by atoms with Crippen molar-refractivity contribution in [1.29, 1.82) is 0 Å². The number of aryl methyl sites for hydroxylation is 2. The molecule has 6 aromatic rings. The van der Waals surface area contributed by atoms with Gasteiger partial charge in [-0.25, -0.2) is 9.97 Å². The third-order valence-corrected chi connectivity index (χ3v) is 6.57. The zero-order chi connectivity index (χ0) is 26.2. The molecule has 2 aromatic heterocycles. The van der Waals surface area contributed by atoms with Crippen molar-refractivity contribution in [3.8, 4) is 45.5 Å². The maximum atomic E-state index is 6.04. The highest BCUT2D eigenvalue weighted by atomic mass is 16.5. The predicted molar refractivity (Wildman–Crippen MR) is 150 cm³/mol. The van der Waals surface area contributed by atoms with Gasteiger partial charge in [-0.15, -0.1) is 0 Å². The van der Waals surface area contributed by atoms with E-state index in [2.05, 4.69) is 34.2 Å². The number of ether oxygens (including phenoxy) is 2. The molecular formula is C32H28N2O4. The summed E-state index contributed by atoms with van der Waals surface area (Å²) in [4.78, 5) is 9.37. The molecule has 0 amide bonds. The van der Waals surface area contributed by atoms with Crippen LogP contribution in [0.2, 0.25) is 0 Å². The van der Waals surface area contributed by atoms with E-state index in [4.69, 9.17) is 18.3 Å². The molecule has 0 aliphatic carbocycles. The van der Waals surface area contributed by atoms with Gasteiger partial charge >= 0.3 is 0 Å². The molecule has 0 saturated carbocycles. The van der Waals surface area contributed by atoms with Crippen LogP contribution in [-0.4, -0.2) is 23.2 Å². The molecule has 190 valence electrons. The van der Waals surface area contributed by atoms with Gasteiger partial charge in [0.05, 0.1) is 13.2 Å². The van der Waals surface area contributed by atoms with Crippen LogP contribution in [0, 0.1) is 13.8 Å². The summed E-state index contributed by atoms with van der Waals surface area (Å²) in [7, 11) is 0. The van der Waals surface area contributed by atoms with Crippen LogP contribution in [0.4, 0.5) is 0 Å². The molecule has 0 radical (unpaired) electrons. The monoisotopic (exact) mass is 504 g/mol. The average Bonchev–Trinajstić information content (AvgIpc) is 3.53. The highest BCUT2D eigenvalue weighted by Crippen LogP contribution is 2.33. The number of hydrogen-bond acceptors (Lipinski definition) is 6. The van der Waals surface area contributed by atoms with Gasteiger partial charge in [-0.05, 0) is 86.3 Å². The lowest BCUT2D eigenvalue weighted by Gasteiger charge is -2.05. The second-order valence-electron chi connectivity index (χ2n) is 9.23. The molecule has 0 aliphatic heterocycles. The summed E-state index contributed by atoms with van der Waals surface area (Å²) < 4.78 is 23.5. The largest absolute Gasteiger partial charge is 0.493 e. The lowest BCUT2D eigenvalue weighted by Crippen LogP contribution is -1.93. The quantitative estimate of drug-likeness (QED) is 0.217. The van der Waals surface area contributed by atoms with Crippen LogP contribution in [0.25, 0.3) is 56.2 Å². The minimum Gasteiger partial charge on any atom is -0.493 e. The number of rotatable bonds is 7. The van der Waals surface area contributed by atoms with E-state index < -0.39 is 0 Å². The molecule has 0 spiro atoms. The minimum absolute atomic E-state index is 0.591. The molecule has 38 heavy (non-hydrogen) atoms. The van der Waals surface area contributed by atoms with E-state index in [0.717, 1.165) is 67.1 Å². The van der Waals surface area contributed by atoms with Crippen LogP contribution in [0.15, 0.2) is 81.6 Å². The maximum absolute atomic E-state index is 6.04. The fraction of sp³-hybridized carbons (Fsp3) is 0.188. The van der Waals surface area contributed by atoms with Gasteiger partial charge < -0.3 is 18.3 Å². The first-order valence-corrected chi connectivity index (χ1v) is 12.8. The first-order chi connectivity index (χ1) is 18.5. The number of aromatic nitrogens is 2. The van der Waals surface area contributed by atoms with Crippen LogP contribution < -0.4 is 9.47 Å². The molecule has 0 bridgehead atoms. The smallest absolute Gasteiger partial charge is 0.227 e. The molecule has 2 heterocycles. The standard InChI is InChI=1S/C32H28N2O4/c1-5-35-27-17-29-25(15-19(27)3)33-31(37-29)23-11-7-21(8-12-23)22-9-13-24(14-10-22)32-34-26-16-20(4)28(36-6-2)18-30(26)38-32/h7-18H,5-6H2,1-4H3. The van der Waals surface area contributed by atoms with Crippen LogP contribution in [0.5, 0.6) is 11.5 Å². The summed E-state index contributed by atoms with van der Waals surface area (Å²) in [6, 6.07) is 24.3. The van der Waals surface area contributed by atoms with E-state index in [9.17, 15) is 0 Å². The van der Waals surface area contributed by atoms with E-state index in [1.807, 2.05) is 76.2 Å². The van der Waals surface area contributed by atoms with Gasteiger partial charge in [-0.3, -0.25) is 0 Å². The summed E-state index contributed by atoms with van der Waals surface area (Å²) in [5.41, 5.74) is 9.21. The van der Waals surface area contributed by atoms with Gasteiger partial charge in [0, 0.05) is 23.3 Å². The van der Waals surface area contributed by atoms with Crippen molar-refractivity contribution in [2.24, 2.45) is 0 Å². The Morgan fingerprint density at radius 3 is 1.29 bits per heavy atom. The first kappa shape index (κ1) is 23.8. The third-order valence-electron chi connectivity index (χ3n) is 6.57. The molecule has 6 nitrogen and oxygen atoms in total. The van der Waals surface area contributed by atoms with Gasteiger partial charge in [-0.2, -0.15) is 0 Å². The van der Waals surface area contributed by atoms with Crippen molar-refractivity contribution in [1.82, 2.24) is 9.97 Å². The molecule has 0 unspecified atom stereocenters. The second kappa shape index (κ2) is 9.71. The second-order valence-corrected chi connectivity index (χ2v) is 9.23. The molecular weight excluding hydrogens is 476 g/mol. The number of nitrogens with zero attached hydrogens (tertiary/aromatic N) is 2. The van der Waals surface area contributed by atoms with Crippen molar-refractivity contribution in [2.45, 2.75) is 27.7 Å². The van der Waals surface area contributed by atoms with E-state index in [1.54, 1.807) is 0 Å². The van der Waals surface area contributed by atoms with Gasteiger partial charge in [0.2, 0.25) is 11.8 Å². The Labute approximate surface area is 220 Å². The Bertz CT molecular complexity index is 1610. The fourth-order valence-corrected chi connectivity index (χ4v) is 4.60. The summed E-state index contributed by atoms with van der Waals surface area (Å²) in [6.07, 6.45) is 0. The molecule has 0 aliphatic rings. The predicted octanol–water partition coefficient (Wildman–Crippen LogP) is 8.38. The van der Waals surface area contributed by atoms with E-state index in [-0.39, 0.29) is 0 Å². The highest BCUT2D eigenvalue weighted by Gasteiger charge is 2.14. The Morgan fingerprint density at radius 1 is 0.553 bits per heavy atom. The number of hydrogen-bond donors (Lipinski definition) is 0. The Morgan fingerprint density at radius 2 is 0.921 bits per heavy atom. The van der Waals surface area contributed by atoms with Crippen LogP contribution in [0.3, 0.4) is 0 Å². The molecule has 6 rings (SSSR count). The lowest BCUT2D eigenvalue weighted by molar-refractivity contribution is 0.337. The fourth-order valence-electron chi connectivity index (χ4n) is 4.60.